The second-order valence-electron chi connectivity index (χ2n) is 6.89. The summed E-state index contributed by atoms with van der Waals surface area (Å²) in [5.74, 6) is -0.370. The normalized spacial score (nSPS) is 11.8. The third-order valence-corrected chi connectivity index (χ3v) is 6.71. The predicted molar refractivity (Wildman–Crippen MR) is 128 cm³/mol. The van der Waals surface area contributed by atoms with Crippen LogP contribution in [0.2, 0.25) is 0 Å². The lowest BCUT2D eigenvalue weighted by Gasteiger charge is -2.15. The number of carbonyl (C=O) groups excluding carboxylic acids is 2. The van der Waals surface area contributed by atoms with Crippen molar-refractivity contribution in [3.05, 3.63) is 58.2 Å². The summed E-state index contributed by atoms with van der Waals surface area (Å²) in [6.45, 7) is 9.30. The maximum atomic E-state index is 13.0. The number of carbonyl (C=O) groups is 2. The van der Waals surface area contributed by atoms with E-state index in [1.807, 2.05) is 13.0 Å². The molecule has 1 aromatic carbocycles. The number of thiophene rings is 1. The van der Waals surface area contributed by atoms with Gasteiger partial charge >= 0.3 is 0 Å². The van der Waals surface area contributed by atoms with Gasteiger partial charge in [-0.1, -0.05) is 24.8 Å². The number of anilines is 2. The number of hydrogen-bond acceptors (Lipinski definition) is 6. The van der Waals surface area contributed by atoms with Crippen molar-refractivity contribution in [2.75, 3.05) is 10.6 Å². The van der Waals surface area contributed by atoms with Crippen LogP contribution in [0, 0.1) is 0 Å². The van der Waals surface area contributed by atoms with Crippen molar-refractivity contribution in [2.24, 2.45) is 0 Å². The Balaban J connectivity index is 1.79. The Labute approximate surface area is 188 Å². The second-order valence-corrected chi connectivity index (χ2v) is 9.31. The van der Waals surface area contributed by atoms with Crippen molar-refractivity contribution >= 4 is 56.5 Å². The quantitative estimate of drug-likeness (QED) is 0.300. The molecular formula is C22H24N4O3S2. The van der Waals surface area contributed by atoms with E-state index in [9.17, 15) is 14.4 Å². The fourth-order valence-electron chi connectivity index (χ4n) is 2.90. The Morgan fingerprint density at radius 3 is 2.48 bits per heavy atom. The minimum atomic E-state index is -0.485. The number of nitrogens with one attached hydrogen (secondary N) is 2. The smallest absolute Gasteiger partial charge is 0.263 e. The first-order valence-electron chi connectivity index (χ1n) is 9.81. The topological polar surface area (TPSA) is 93.1 Å². The zero-order chi connectivity index (χ0) is 22.5. The van der Waals surface area contributed by atoms with Crippen LogP contribution in [0.3, 0.4) is 0 Å². The molecule has 0 radical (unpaired) electrons. The van der Waals surface area contributed by atoms with Crippen LogP contribution >= 0.6 is 23.1 Å². The van der Waals surface area contributed by atoms with Crippen molar-refractivity contribution in [1.82, 2.24) is 9.55 Å². The maximum Gasteiger partial charge on any atom is 0.263 e. The summed E-state index contributed by atoms with van der Waals surface area (Å²) in [5.41, 5.74) is 1.15. The maximum absolute atomic E-state index is 13.0. The summed E-state index contributed by atoms with van der Waals surface area (Å²) in [6, 6.07) is 8.76. The monoisotopic (exact) mass is 456 g/mol. The molecule has 0 fully saturated rings. The van der Waals surface area contributed by atoms with E-state index in [4.69, 9.17) is 0 Å². The zero-order valence-corrected chi connectivity index (χ0v) is 19.2. The number of thioether (sulfide) groups is 1. The Morgan fingerprint density at radius 2 is 1.90 bits per heavy atom. The van der Waals surface area contributed by atoms with Crippen molar-refractivity contribution in [1.29, 1.82) is 0 Å². The van der Waals surface area contributed by atoms with Crippen LogP contribution in [0.5, 0.6) is 0 Å². The highest BCUT2D eigenvalue weighted by Gasteiger charge is 2.20. The molecule has 1 atom stereocenters. The summed E-state index contributed by atoms with van der Waals surface area (Å²) in [5, 5.41) is 6.14. The molecule has 9 heteroatoms. The van der Waals surface area contributed by atoms with Crippen LogP contribution in [-0.4, -0.2) is 26.6 Å². The van der Waals surface area contributed by atoms with Crippen LogP contribution in [0.4, 0.5) is 11.4 Å². The summed E-state index contributed by atoms with van der Waals surface area (Å²) in [6.07, 6.45) is 2.48. The first kappa shape index (κ1) is 22.8. The fraction of sp³-hybridized carbons (Fsp3) is 0.273. The number of allylic oxidation sites excluding steroid dienone is 1. The van der Waals surface area contributed by atoms with Gasteiger partial charge in [0.25, 0.3) is 5.56 Å². The van der Waals surface area contributed by atoms with Crippen LogP contribution in [-0.2, 0) is 22.6 Å². The summed E-state index contributed by atoms with van der Waals surface area (Å²) in [4.78, 5) is 43.2. The van der Waals surface area contributed by atoms with E-state index in [-0.39, 0.29) is 17.4 Å². The number of benzene rings is 1. The molecule has 0 unspecified atom stereocenters. The minimum absolute atomic E-state index is 0.121. The highest BCUT2D eigenvalue weighted by atomic mass is 32.2. The van der Waals surface area contributed by atoms with Crippen LogP contribution < -0.4 is 16.2 Å². The molecule has 2 heterocycles. The van der Waals surface area contributed by atoms with E-state index in [1.165, 1.54) is 30.0 Å². The summed E-state index contributed by atoms with van der Waals surface area (Å²) < 4.78 is 1.55. The molecule has 0 bridgehead atoms. The molecule has 3 aromatic rings. The molecule has 2 aromatic heterocycles. The lowest BCUT2D eigenvalue weighted by molar-refractivity contribution is -0.115. The third-order valence-electron chi connectivity index (χ3n) is 4.45. The Morgan fingerprint density at radius 1 is 1.26 bits per heavy atom. The molecular weight excluding hydrogens is 432 g/mol. The average Bonchev–Trinajstić information content (AvgIpc) is 3.15. The molecule has 2 N–H and O–H groups in total. The zero-order valence-electron chi connectivity index (χ0n) is 17.6. The van der Waals surface area contributed by atoms with Crippen molar-refractivity contribution in [3.8, 4) is 0 Å². The van der Waals surface area contributed by atoms with E-state index in [0.717, 1.165) is 11.3 Å². The molecule has 7 nitrogen and oxygen atoms in total. The van der Waals surface area contributed by atoms with Gasteiger partial charge in [0.15, 0.2) is 5.16 Å². The van der Waals surface area contributed by atoms with Crippen molar-refractivity contribution < 1.29 is 9.59 Å². The molecule has 3 rings (SSSR count). The Kier molecular flexibility index (Phi) is 7.29. The van der Waals surface area contributed by atoms with Crippen LogP contribution in [0.25, 0.3) is 10.2 Å². The Bertz CT molecular complexity index is 1180. The molecule has 2 amide bonds. The van der Waals surface area contributed by atoms with Gasteiger partial charge in [0.2, 0.25) is 11.8 Å². The van der Waals surface area contributed by atoms with E-state index >= 15 is 0 Å². The number of fused-ring (bicyclic) bond motifs is 1. The van der Waals surface area contributed by atoms with Gasteiger partial charge in [0.05, 0.1) is 10.6 Å². The molecule has 0 spiro atoms. The fourth-order valence-corrected chi connectivity index (χ4v) is 4.82. The van der Waals surface area contributed by atoms with Gasteiger partial charge < -0.3 is 10.6 Å². The molecule has 31 heavy (non-hydrogen) atoms. The molecule has 0 aliphatic rings. The highest BCUT2D eigenvalue weighted by Crippen LogP contribution is 2.27. The van der Waals surface area contributed by atoms with Gasteiger partial charge in [-0.25, -0.2) is 4.98 Å². The number of hydrogen-bond donors (Lipinski definition) is 2. The first-order valence-corrected chi connectivity index (χ1v) is 11.5. The Hall–Kier alpha value is -2.91. The van der Waals surface area contributed by atoms with Gasteiger partial charge in [-0.3, -0.25) is 19.0 Å². The van der Waals surface area contributed by atoms with Gasteiger partial charge in [-0.15, -0.1) is 17.9 Å². The number of aromatic nitrogens is 2. The van der Waals surface area contributed by atoms with Gasteiger partial charge in [0.1, 0.15) is 4.83 Å². The van der Waals surface area contributed by atoms with Gasteiger partial charge in [-0.2, -0.15) is 0 Å². The van der Waals surface area contributed by atoms with E-state index in [0.29, 0.717) is 33.3 Å². The van der Waals surface area contributed by atoms with Gasteiger partial charge in [-0.05, 0) is 43.7 Å². The van der Waals surface area contributed by atoms with Crippen LogP contribution in [0.15, 0.2) is 52.9 Å². The third kappa shape index (κ3) is 5.42. The molecule has 0 saturated heterocycles. The lowest BCUT2D eigenvalue weighted by atomic mass is 10.2. The van der Waals surface area contributed by atoms with E-state index in [1.54, 1.807) is 41.8 Å². The summed E-state index contributed by atoms with van der Waals surface area (Å²) >= 11 is 2.74. The second kappa shape index (κ2) is 9.93. The van der Waals surface area contributed by atoms with Crippen molar-refractivity contribution in [3.63, 3.8) is 0 Å². The molecule has 0 aliphatic carbocycles. The number of nitrogens with zero attached hydrogens (tertiary/aromatic N) is 2. The predicted octanol–water partition coefficient (Wildman–Crippen LogP) is 4.28. The molecule has 0 saturated carbocycles. The number of rotatable bonds is 8. The SMILES string of the molecule is C=CCn1c(S[C@H](C)C(=O)Nc2ccc(NC(C)=O)cc2)nc2sc(CC)cc2c1=O. The van der Waals surface area contributed by atoms with Crippen LogP contribution in [0.1, 0.15) is 25.6 Å². The number of amides is 2. The van der Waals surface area contributed by atoms with Crippen molar-refractivity contribution in [2.45, 2.75) is 44.1 Å². The molecule has 0 aliphatic heterocycles. The van der Waals surface area contributed by atoms with Gasteiger partial charge in [0, 0.05) is 29.7 Å². The standard InChI is InChI=1S/C22H24N4O3S2/c1-5-11-26-21(29)18-12-17(6-2)31-20(18)25-22(26)30-13(3)19(28)24-16-9-7-15(8-10-16)23-14(4)27/h5,7-10,12-13H,1,6,11H2,2-4H3,(H,23,27)(H,24,28)/t13-/m1/s1. The van der Waals surface area contributed by atoms with E-state index in [2.05, 4.69) is 22.2 Å². The minimum Gasteiger partial charge on any atom is -0.326 e. The lowest BCUT2D eigenvalue weighted by Crippen LogP contribution is -2.26. The first-order chi connectivity index (χ1) is 14.8. The highest BCUT2D eigenvalue weighted by molar-refractivity contribution is 8.00. The summed E-state index contributed by atoms with van der Waals surface area (Å²) in [7, 11) is 0. The van der Waals surface area contributed by atoms with E-state index < -0.39 is 5.25 Å². The molecule has 162 valence electrons. The number of aryl methyl sites for hydroxylation is 1. The largest absolute Gasteiger partial charge is 0.326 e. The average molecular weight is 457 g/mol.